The number of nitrogens with zero attached hydrogens (tertiary/aromatic N) is 2. The summed E-state index contributed by atoms with van der Waals surface area (Å²) in [5, 5.41) is 10.3. The van der Waals surface area contributed by atoms with Crippen LogP contribution in [0.5, 0.6) is 11.5 Å². The van der Waals surface area contributed by atoms with Gasteiger partial charge in [-0.15, -0.1) is 0 Å². The number of aliphatic hydroxyl groups is 1. The standard InChI is InChI=1S/C27H30N2O5S/c1-28-23-12-11-19(18-7-6-8-20(15-18)33-2)16-22(23)27-21(24(28)17-30)13-14-29(27)35(31,32)26-10-5-4-9-25(26)34-3/h4-12,15-16,21,24,27,30H,13-14,17H2,1-3H3/t21-,24-,27-/m1/s1. The van der Waals surface area contributed by atoms with Crippen LogP contribution in [0.1, 0.15) is 18.0 Å². The van der Waals surface area contributed by atoms with E-state index in [1.54, 1.807) is 35.7 Å². The molecule has 5 rings (SSSR count). The molecule has 3 aromatic rings. The second kappa shape index (κ2) is 9.18. The van der Waals surface area contributed by atoms with Gasteiger partial charge < -0.3 is 19.5 Å². The van der Waals surface area contributed by atoms with E-state index in [1.807, 2.05) is 43.4 Å². The van der Waals surface area contributed by atoms with E-state index >= 15 is 0 Å². The summed E-state index contributed by atoms with van der Waals surface area (Å²) in [7, 11) is 1.25. The first-order valence-corrected chi connectivity index (χ1v) is 13.1. The number of para-hydroxylation sites is 1. The van der Waals surface area contributed by atoms with Crippen LogP contribution in [0.4, 0.5) is 5.69 Å². The predicted molar refractivity (Wildman–Crippen MR) is 135 cm³/mol. The van der Waals surface area contributed by atoms with Gasteiger partial charge in [0.1, 0.15) is 16.4 Å². The highest BCUT2D eigenvalue weighted by molar-refractivity contribution is 7.89. The molecule has 2 heterocycles. The lowest BCUT2D eigenvalue weighted by atomic mass is 9.81. The second-order valence-corrected chi connectivity index (χ2v) is 10.9. The van der Waals surface area contributed by atoms with Gasteiger partial charge in [-0.25, -0.2) is 8.42 Å². The molecule has 2 aliphatic heterocycles. The fourth-order valence-corrected chi connectivity index (χ4v) is 7.45. The number of sulfonamides is 1. The fourth-order valence-electron chi connectivity index (χ4n) is 5.62. The summed E-state index contributed by atoms with van der Waals surface area (Å²) >= 11 is 0. The van der Waals surface area contributed by atoms with Gasteiger partial charge >= 0.3 is 0 Å². The van der Waals surface area contributed by atoms with Gasteiger partial charge in [-0.3, -0.25) is 0 Å². The summed E-state index contributed by atoms with van der Waals surface area (Å²) < 4.78 is 40.3. The zero-order valence-corrected chi connectivity index (χ0v) is 20.9. The van der Waals surface area contributed by atoms with E-state index in [4.69, 9.17) is 9.47 Å². The maximum Gasteiger partial charge on any atom is 0.247 e. The van der Waals surface area contributed by atoms with Crippen molar-refractivity contribution in [3.63, 3.8) is 0 Å². The quantitative estimate of drug-likeness (QED) is 0.559. The van der Waals surface area contributed by atoms with Crippen molar-refractivity contribution in [3.8, 4) is 22.6 Å². The fraction of sp³-hybridized carbons (Fsp3) is 0.333. The largest absolute Gasteiger partial charge is 0.497 e. The number of methoxy groups -OCH3 is 2. The van der Waals surface area contributed by atoms with E-state index in [1.165, 1.54) is 7.11 Å². The van der Waals surface area contributed by atoms with Gasteiger partial charge in [0.2, 0.25) is 10.0 Å². The highest BCUT2D eigenvalue weighted by Crippen LogP contribution is 2.51. The lowest BCUT2D eigenvalue weighted by molar-refractivity contribution is 0.193. The summed E-state index contributed by atoms with van der Waals surface area (Å²) in [6, 6.07) is 20.1. The molecule has 3 atom stereocenters. The maximum absolute atomic E-state index is 13.9. The molecular formula is C27H30N2O5S. The van der Waals surface area contributed by atoms with Crippen LogP contribution in [-0.2, 0) is 10.0 Å². The van der Waals surface area contributed by atoms with Crippen LogP contribution in [0.3, 0.4) is 0 Å². The molecule has 7 nitrogen and oxygen atoms in total. The molecule has 0 amide bonds. The SMILES string of the molecule is COc1cccc(-c2ccc3c(c2)[C@H]2[C@H](CCN2S(=O)(=O)c2ccccc2OC)[C@@H](CO)N3C)c1. The molecule has 8 heteroatoms. The molecule has 0 aromatic heterocycles. The van der Waals surface area contributed by atoms with Crippen molar-refractivity contribution in [2.75, 3.05) is 39.3 Å². The number of likely N-dealkylation sites (N-methyl/N-ethyl adjacent to an activating group) is 1. The van der Waals surface area contributed by atoms with Crippen molar-refractivity contribution in [2.24, 2.45) is 5.92 Å². The zero-order chi connectivity index (χ0) is 24.7. The van der Waals surface area contributed by atoms with Crippen molar-refractivity contribution in [1.82, 2.24) is 4.31 Å². The number of benzene rings is 3. The van der Waals surface area contributed by atoms with Crippen LogP contribution in [-0.4, -0.2) is 58.3 Å². The molecule has 0 spiro atoms. The third-order valence-electron chi connectivity index (χ3n) is 7.36. The van der Waals surface area contributed by atoms with Crippen LogP contribution < -0.4 is 14.4 Å². The van der Waals surface area contributed by atoms with E-state index in [2.05, 4.69) is 11.0 Å². The zero-order valence-electron chi connectivity index (χ0n) is 20.1. The third-order valence-corrected chi connectivity index (χ3v) is 9.28. The Balaban J connectivity index is 1.65. The Hall–Kier alpha value is -3.07. The van der Waals surface area contributed by atoms with Gasteiger partial charge in [0.05, 0.1) is 32.9 Å². The molecule has 1 saturated heterocycles. The molecule has 0 bridgehead atoms. The minimum absolute atomic E-state index is 0.0393. The van der Waals surface area contributed by atoms with Crippen molar-refractivity contribution in [1.29, 1.82) is 0 Å². The Morgan fingerprint density at radius 3 is 2.49 bits per heavy atom. The number of ether oxygens (including phenoxy) is 2. The van der Waals surface area contributed by atoms with Crippen LogP contribution in [0.2, 0.25) is 0 Å². The van der Waals surface area contributed by atoms with Gasteiger partial charge in [-0.1, -0.05) is 30.3 Å². The van der Waals surface area contributed by atoms with Crippen LogP contribution in [0.15, 0.2) is 71.6 Å². The molecule has 0 aliphatic carbocycles. The van der Waals surface area contributed by atoms with E-state index in [0.717, 1.165) is 28.1 Å². The van der Waals surface area contributed by atoms with Crippen LogP contribution in [0, 0.1) is 5.92 Å². The van der Waals surface area contributed by atoms with E-state index in [9.17, 15) is 13.5 Å². The molecule has 1 N–H and O–H groups in total. The molecule has 184 valence electrons. The summed E-state index contributed by atoms with van der Waals surface area (Å²) in [5.41, 5.74) is 3.85. The van der Waals surface area contributed by atoms with Gasteiger partial charge in [-0.2, -0.15) is 4.31 Å². The van der Waals surface area contributed by atoms with E-state index in [0.29, 0.717) is 18.7 Å². The number of fused-ring (bicyclic) bond motifs is 3. The second-order valence-electron chi connectivity index (χ2n) is 9.03. The van der Waals surface area contributed by atoms with Gasteiger partial charge in [0.15, 0.2) is 0 Å². The summed E-state index contributed by atoms with van der Waals surface area (Å²) in [6.07, 6.45) is 0.664. The normalized spacial score (nSPS) is 21.9. The first-order chi connectivity index (χ1) is 16.9. The molecular weight excluding hydrogens is 464 g/mol. The number of rotatable bonds is 6. The maximum atomic E-state index is 13.9. The van der Waals surface area contributed by atoms with Crippen LogP contribution >= 0.6 is 0 Å². The average Bonchev–Trinajstić information content (AvgIpc) is 3.35. The first kappa shape index (κ1) is 23.7. The van der Waals surface area contributed by atoms with Gasteiger partial charge in [0, 0.05) is 25.2 Å². The molecule has 35 heavy (non-hydrogen) atoms. The molecule has 3 aromatic carbocycles. The average molecular weight is 495 g/mol. The number of anilines is 1. The van der Waals surface area contributed by atoms with Crippen molar-refractivity contribution >= 4 is 15.7 Å². The number of hydrogen-bond acceptors (Lipinski definition) is 6. The minimum Gasteiger partial charge on any atom is -0.497 e. The van der Waals surface area contributed by atoms with Gasteiger partial charge in [-0.05, 0) is 59.5 Å². The first-order valence-electron chi connectivity index (χ1n) is 11.7. The molecule has 0 saturated carbocycles. The van der Waals surface area contributed by atoms with Crippen molar-refractivity contribution in [2.45, 2.75) is 23.4 Å². The van der Waals surface area contributed by atoms with Crippen molar-refractivity contribution < 1.29 is 23.0 Å². The van der Waals surface area contributed by atoms with Crippen LogP contribution in [0.25, 0.3) is 11.1 Å². The summed E-state index contributed by atoms with van der Waals surface area (Å²) in [4.78, 5) is 2.25. The highest BCUT2D eigenvalue weighted by atomic mass is 32.2. The van der Waals surface area contributed by atoms with Crippen molar-refractivity contribution in [3.05, 3.63) is 72.3 Å². The summed E-state index contributed by atoms with van der Waals surface area (Å²) in [6.45, 7) is 0.334. The predicted octanol–water partition coefficient (Wildman–Crippen LogP) is 3.93. The van der Waals surface area contributed by atoms with Gasteiger partial charge in [0.25, 0.3) is 0 Å². The Bertz CT molecular complexity index is 1340. The Morgan fingerprint density at radius 1 is 0.971 bits per heavy atom. The number of aliphatic hydroxyl groups excluding tert-OH is 1. The Labute approximate surface area is 206 Å². The molecule has 0 unspecified atom stereocenters. The molecule has 1 fully saturated rings. The Kier molecular flexibility index (Phi) is 6.21. The molecule has 2 aliphatic rings. The third kappa shape index (κ3) is 3.86. The molecule has 0 radical (unpaired) electrons. The van der Waals surface area contributed by atoms with E-state index < -0.39 is 10.0 Å². The lowest BCUT2D eigenvalue weighted by Crippen LogP contribution is -2.48. The van der Waals surface area contributed by atoms with E-state index in [-0.39, 0.29) is 29.5 Å². The number of hydrogen-bond donors (Lipinski definition) is 1. The summed E-state index contributed by atoms with van der Waals surface area (Å²) in [5.74, 6) is 1.05. The highest BCUT2D eigenvalue weighted by Gasteiger charge is 2.50. The minimum atomic E-state index is -3.84. The topological polar surface area (TPSA) is 79.3 Å². The lowest BCUT2D eigenvalue weighted by Gasteiger charge is -2.44. The smallest absolute Gasteiger partial charge is 0.247 e. The Morgan fingerprint density at radius 2 is 1.74 bits per heavy atom. The monoisotopic (exact) mass is 494 g/mol.